The number of nitrogens with zero attached hydrogens (tertiary/aromatic N) is 1. The number of carboxylic acids is 1. The molecule has 1 aromatic rings. The zero-order valence-electron chi connectivity index (χ0n) is 8.23. The minimum Gasteiger partial charge on any atom is -0.477 e. The van der Waals surface area contributed by atoms with Crippen LogP contribution in [0.15, 0.2) is 4.34 Å². The Labute approximate surface area is 94.9 Å². The molecule has 1 amide bonds. The summed E-state index contributed by atoms with van der Waals surface area (Å²) in [6.07, 6.45) is 0. The molecule has 0 bridgehead atoms. The zero-order chi connectivity index (χ0) is 11.4. The van der Waals surface area contributed by atoms with Crippen molar-refractivity contribution < 1.29 is 14.7 Å². The number of hydrogen-bond acceptors (Lipinski definition) is 5. The topological polar surface area (TPSA) is 79.3 Å². The molecule has 1 aromatic heterocycles. The van der Waals surface area contributed by atoms with Gasteiger partial charge in [-0.2, -0.15) is 0 Å². The van der Waals surface area contributed by atoms with Crippen LogP contribution in [-0.2, 0) is 4.79 Å². The fourth-order valence-corrected chi connectivity index (χ4v) is 2.73. The zero-order valence-corrected chi connectivity index (χ0v) is 9.87. The number of carbonyl (C=O) groups excluding carboxylic acids is 1. The fourth-order valence-electron chi connectivity index (χ4n) is 0.831. The van der Waals surface area contributed by atoms with Gasteiger partial charge in [-0.25, -0.2) is 9.78 Å². The van der Waals surface area contributed by atoms with Crippen molar-refractivity contribution in [3.05, 3.63) is 10.6 Å². The monoisotopic (exact) mass is 246 g/mol. The number of carboxylic acid groups (broad SMARTS) is 1. The number of aromatic carboxylic acids is 1. The van der Waals surface area contributed by atoms with E-state index in [1.54, 1.807) is 14.0 Å². The molecule has 0 unspecified atom stereocenters. The molecule has 0 aliphatic rings. The average Bonchev–Trinajstić information content (AvgIpc) is 2.56. The number of hydrogen-bond donors (Lipinski definition) is 2. The Morgan fingerprint density at radius 3 is 2.73 bits per heavy atom. The third kappa shape index (κ3) is 3.21. The van der Waals surface area contributed by atoms with Crippen LogP contribution in [0.3, 0.4) is 0 Å². The lowest BCUT2D eigenvalue weighted by molar-refractivity contribution is -0.118. The fraction of sp³-hybridized carbons (Fsp3) is 0.375. The molecule has 0 aliphatic carbocycles. The van der Waals surface area contributed by atoms with Gasteiger partial charge in [0, 0.05) is 7.05 Å². The molecular weight excluding hydrogens is 236 g/mol. The van der Waals surface area contributed by atoms with Crippen LogP contribution in [0, 0.1) is 6.92 Å². The molecule has 1 rings (SSSR count). The number of aromatic nitrogens is 1. The van der Waals surface area contributed by atoms with Gasteiger partial charge in [-0.1, -0.05) is 11.8 Å². The Kier molecular flexibility index (Phi) is 4.10. The van der Waals surface area contributed by atoms with E-state index in [0.29, 0.717) is 10.0 Å². The molecule has 82 valence electrons. The molecule has 0 saturated carbocycles. The van der Waals surface area contributed by atoms with E-state index in [1.165, 1.54) is 11.8 Å². The van der Waals surface area contributed by atoms with Gasteiger partial charge in [0.25, 0.3) is 0 Å². The second kappa shape index (κ2) is 5.13. The van der Waals surface area contributed by atoms with Gasteiger partial charge in [0.05, 0.1) is 11.4 Å². The summed E-state index contributed by atoms with van der Waals surface area (Å²) in [5.41, 5.74) is 0.493. The van der Waals surface area contributed by atoms with E-state index in [0.717, 1.165) is 11.3 Å². The van der Waals surface area contributed by atoms with E-state index in [1.807, 2.05) is 0 Å². The lowest BCUT2D eigenvalue weighted by atomic mass is 10.4. The highest BCUT2D eigenvalue weighted by Gasteiger charge is 2.14. The van der Waals surface area contributed by atoms with Crippen molar-refractivity contribution >= 4 is 35.0 Å². The number of carbonyl (C=O) groups is 2. The average molecular weight is 246 g/mol. The minimum absolute atomic E-state index is 0.107. The van der Waals surface area contributed by atoms with Crippen molar-refractivity contribution in [3.8, 4) is 0 Å². The standard InChI is InChI=1S/C8H10N2O3S2/c1-4-6(7(12)13)15-8(10-4)14-3-5(11)9-2/h3H2,1-2H3,(H,9,11)(H,12,13). The Morgan fingerprint density at radius 2 is 2.27 bits per heavy atom. The normalized spacial score (nSPS) is 10.0. The van der Waals surface area contributed by atoms with Crippen molar-refractivity contribution in [2.75, 3.05) is 12.8 Å². The Morgan fingerprint density at radius 1 is 1.60 bits per heavy atom. The third-order valence-corrected chi connectivity index (χ3v) is 3.87. The minimum atomic E-state index is -0.975. The largest absolute Gasteiger partial charge is 0.477 e. The molecule has 2 N–H and O–H groups in total. The van der Waals surface area contributed by atoms with Crippen LogP contribution in [0.25, 0.3) is 0 Å². The van der Waals surface area contributed by atoms with Crippen molar-refractivity contribution in [1.29, 1.82) is 0 Å². The number of amides is 1. The molecule has 7 heteroatoms. The summed E-state index contributed by atoms with van der Waals surface area (Å²) >= 11 is 2.33. The van der Waals surface area contributed by atoms with Gasteiger partial charge in [0.1, 0.15) is 4.88 Å². The lowest BCUT2D eigenvalue weighted by Crippen LogP contribution is -2.19. The molecule has 0 aliphatic heterocycles. The Bertz CT molecular complexity index is 389. The van der Waals surface area contributed by atoms with E-state index < -0.39 is 5.97 Å². The second-order valence-corrected chi connectivity index (χ2v) is 4.88. The van der Waals surface area contributed by atoms with Gasteiger partial charge in [-0.15, -0.1) is 11.3 Å². The van der Waals surface area contributed by atoms with E-state index in [9.17, 15) is 9.59 Å². The smallest absolute Gasteiger partial charge is 0.347 e. The van der Waals surface area contributed by atoms with Crippen molar-refractivity contribution in [2.45, 2.75) is 11.3 Å². The van der Waals surface area contributed by atoms with Crippen LogP contribution < -0.4 is 5.32 Å². The maximum Gasteiger partial charge on any atom is 0.347 e. The number of thioether (sulfide) groups is 1. The van der Waals surface area contributed by atoms with Crippen LogP contribution in [0.4, 0.5) is 0 Å². The Hall–Kier alpha value is -1.08. The predicted molar refractivity (Wildman–Crippen MR) is 58.6 cm³/mol. The predicted octanol–water partition coefficient (Wildman–Crippen LogP) is 0.988. The van der Waals surface area contributed by atoms with E-state index >= 15 is 0 Å². The molecule has 0 spiro atoms. The lowest BCUT2D eigenvalue weighted by Gasteiger charge is -1.95. The number of aryl methyl sites for hydroxylation is 1. The molecule has 0 fully saturated rings. The van der Waals surface area contributed by atoms with Gasteiger partial charge in [-0.05, 0) is 6.92 Å². The van der Waals surface area contributed by atoms with Gasteiger partial charge >= 0.3 is 5.97 Å². The van der Waals surface area contributed by atoms with E-state index in [2.05, 4.69) is 10.3 Å². The van der Waals surface area contributed by atoms with Crippen LogP contribution in [-0.4, -0.2) is 34.8 Å². The Balaban J connectivity index is 2.67. The highest BCUT2D eigenvalue weighted by Crippen LogP contribution is 2.26. The molecule has 15 heavy (non-hydrogen) atoms. The maximum atomic E-state index is 10.9. The summed E-state index contributed by atoms with van der Waals surface area (Å²) in [4.78, 5) is 25.9. The van der Waals surface area contributed by atoms with Crippen molar-refractivity contribution in [3.63, 3.8) is 0 Å². The van der Waals surface area contributed by atoms with E-state index in [-0.39, 0.29) is 16.5 Å². The number of rotatable bonds is 4. The first-order valence-corrected chi connectivity index (χ1v) is 5.89. The van der Waals surface area contributed by atoms with Crippen molar-refractivity contribution in [1.82, 2.24) is 10.3 Å². The van der Waals surface area contributed by atoms with Crippen LogP contribution in [0.2, 0.25) is 0 Å². The van der Waals surface area contributed by atoms with Crippen molar-refractivity contribution in [2.24, 2.45) is 0 Å². The third-order valence-electron chi connectivity index (χ3n) is 1.58. The van der Waals surface area contributed by atoms with Crippen LogP contribution in [0.5, 0.6) is 0 Å². The molecule has 0 atom stereocenters. The molecule has 5 nitrogen and oxygen atoms in total. The molecule has 0 saturated heterocycles. The van der Waals surface area contributed by atoms with Gasteiger partial charge in [0.15, 0.2) is 4.34 Å². The second-order valence-electron chi connectivity index (χ2n) is 2.66. The van der Waals surface area contributed by atoms with Crippen LogP contribution in [0.1, 0.15) is 15.4 Å². The molecule has 0 radical (unpaired) electrons. The first kappa shape index (κ1) is 12.0. The first-order chi connectivity index (χ1) is 7.04. The number of thiazole rings is 1. The summed E-state index contributed by atoms with van der Waals surface area (Å²) in [6, 6.07) is 0. The summed E-state index contributed by atoms with van der Waals surface area (Å²) in [7, 11) is 1.55. The first-order valence-electron chi connectivity index (χ1n) is 4.08. The molecular formula is C8H10N2O3S2. The van der Waals surface area contributed by atoms with Gasteiger partial charge in [0.2, 0.25) is 5.91 Å². The van der Waals surface area contributed by atoms with E-state index in [4.69, 9.17) is 5.11 Å². The summed E-state index contributed by atoms with van der Waals surface area (Å²) < 4.78 is 0.605. The van der Waals surface area contributed by atoms with Crippen LogP contribution >= 0.6 is 23.1 Å². The highest BCUT2D eigenvalue weighted by atomic mass is 32.2. The molecule has 1 heterocycles. The quantitative estimate of drug-likeness (QED) is 0.774. The summed E-state index contributed by atoms with van der Waals surface area (Å²) in [5, 5.41) is 11.3. The highest BCUT2D eigenvalue weighted by molar-refractivity contribution is 8.01. The maximum absolute atomic E-state index is 10.9. The molecule has 0 aromatic carbocycles. The summed E-state index contributed by atoms with van der Waals surface area (Å²) in [5.74, 6) is -0.829. The SMILES string of the molecule is CNC(=O)CSc1nc(C)c(C(=O)O)s1. The van der Waals surface area contributed by atoms with Gasteiger partial charge < -0.3 is 10.4 Å². The van der Waals surface area contributed by atoms with Gasteiger partial charge in [-0.3, -0.25) is 4.79 Å². The number of nitrogens with one attached hydrogen (secondary N) is 1. The summed E-state index contributed by atoms with van der Waals surface area (Å²) in [6.45, 7) is 1.64.